The summed E-state index contributed by atoms with van der Waals surface area (Å²) in [7, 11) is 5.37. The largest absolute Gasteiger partial charge is 1.00 e. The first-order valence-corrected chi connectivity index (χ1v) is 5.94. The van der Waals surface area contributed by atoms with Gasteiger partial charge in [-0.25, -0.2) is 0 Å². The van der Waals surface area contributed by atoms with Gasteiger partial charge in [-0.2, -0.15) is 7.05 Å². The Bertz CT molecular complexity index is 151. The zero-order chi connectivity index (χ0) is 12.4. The van der Waals surface area contributed by atoms with Crippen LogP contribution in [0, 0.1) is 5.92 Å². The minimum absolute atomic E-state index is 0. The van der Waals surface area contributed by atoms with Crippen molar-refractivity contribution in [2.24, 2.45) is 5.92 Å². The van der Waals surface area contributed by atoms with Crippen LogP contribution >= 0.6 is 0 Å². The van der Waals surface area contributed by atoms with Crippen LogP contribution in [0.5, 0.6) is 0 Å². The van der Waals surface area contributed by atoms with E-state index in [9.17, 15) is 0 Å². The van der Waals surface area contributed by atoms with E-state index in [1.807, 2.05) is 7.05 Å². The molecule has 0 aliphatic heterocycles. The molecule has 4 nitrogen and oxygen atoms in total. The molecular formula is C12H27LiN2O2. The van der Waals surface area contributed by atoms with E-state index in [1.54, 1.807) is 14.2 Å². The summed E-state index contributed by atoms with van der Waals surface area (Å²) in [6, 6.07) is 0.397. The van der Waals surface area contributed by atoms with Gasteiger partial charge in [0.1, 0.15) is 0 Å². The van der Waals surface area contributed by atoms with E-state index in [0.29, 0.717) is 12.0 Å². The van der Waals surface area contributed by atoms with Gasteiger partial charge in [0.15, 0.2) is 0 Å². The first kappa shape index (κ1) is 19.8. The fraction of sp³-hybridized carbons (Fsp3) is 1.00. The molecule has 0 radical (unpaired) electrons. The van der Waals surface area contributed by atoms with Gasteiger partial charge in [-0.05, 0) is 6.54 Å². The second-order valence-electron chi connectivity index (χ2n) is 4.36. The van der Waals surface area contributed by atoms with Gasteiger partial charge in [-0.3, -0.25) is 0 Å². The van der Waals surface area contributed by atoms with Gasteiger partial charge in [-0.15, -0.1) is 6.04 Å². The first-order chi connectivity index (χ1) is 7.65. The molecule has 0 saturated carbocycles. The Labute approximate surface area is 119 Å². The van der Waals surface area contributed by atoms with E-state index in [2.05, 4.69) is 24.1 Å². The van der Waals surface area contributed by atoms with Gasteiger partial charge in [0.25, 0.3) is 0 Å². The predicted molar refractivity (Wildman–Crippen MR) is 68.1 cm³/mol. The molecule has 0 aliphatic rings. The average molecular weight is 238 g/mol. The Hall–Kier alpha value is 0.437. The number of likely N-dealkylation sites (N-methyl/N-ethyl adjacent to an activating group) is 1. The molecule has 0 aromatic carbocycles. The number of methoxy groups -OCH3 is 2. The van der Waals surface area contributed by atoms with Crippen LogP contribution in [-0.2, 0) is 9.47 Å². The van der Waals surface area contributed by atoms with Crippen molar-refractivity contribution in [3.8, 4) is 0 Å². The topological polar surface area (TPSA) is 35.8 Å². The molecule has 0 bridgehead atoms. The third-order valence-corrected chi connectivity index (χ3v) is 2.77. The maximum Gasteiger partial charge on any atom is 1.00 e. The Balaban J connectivity index is 0. The van der Waals surface area contributed by atoms with Gasteiger partial charge in [-0.1, -0.05) is 19.8 Å². The molecule has 0 saturated heterocycles. The molecular weight excluding hydrogens is 211 g/mol. The minimum atomic E-state index is 0. The molecule has 98 valence electrons. The summed E-state index contributed by atoms with van der Waals surface area (Å²) in [5.41, 5.74) is 0. The summed E-state index contributed by atoms with van der Waals surface area (Å²) in [6.07, 6.45) is 0. The summed E-state index contributed by atoms with van der Waals surface area (Å²) >= 11 is 0. The summed E-state index contributed by atoms with van der Waals surface area (Å²) in [4.78, 5) is 2.35. The maximum absolute atomic E-state index is 5.11. The zero-order valence-corrected chi connectivity index (χ0v) is 12.4. The van der Waals surface area contributed by atoms with Crippen LogP contribution in [-0.4, -0.2) is 65.1 Å². The third-order valence-electron chi connectivity index (χ3n) is 2.77. The number of nitrogens with zero attached hydrogens (tertiary/aromatic N) is 2. The van der Waals surface area contributed by atoms with Crippen LogP contribution < -0.4 is 18.9 Å². The molecule has 0 aromatic rings. The molecule has 0 aromatic heterocycles. The van der Waals surface area contributed by atoms with E-state index < -0.39 is 0 Å². The number of hydrogen-bond acceptors (Lipinski definition) is 3. The molecule has 0 aliphatic carbocycles. The SMILES string of the molecule is C[N-][C@@H](CN(CCOC)CCOC)C(C)C.[Li+]. The predicted octanol–water partition coefficient (Wildman–Crippen LogP) is -1.39. The minimum Gasteiger partial charge on any atom is -0.661 e. The quantitative estimate of drug-likeness (QED) is 0.440. The first-order valence-electron chi connectivity index (χ1n) is 5.94. The van der Waals surface area contributed by atoms with Crippen molar-refractivity contribution in [2.45, 2.75) is 19.9 Å². The summed E-state index contributed by atoms with van der Waals surface area (Å²) in [5.74, 6) is 0.581. The van der Waals surface area contributed by atoms with Crippen molar-refractivity contribution in [3.63, 3.8) is 0 Å². The van der Waals surface area contributed by atoms with Gasteiger partial charge in [0.2, 0.25) is 0 Å². The van der Waals surface area contributed by atoms with Crippen LogP contribution in [0.4, 0.5) is 0 Å². The summed E-state index contributed by atoms with van der Waals surface area (Å²) in [5, 5.41) is 4.42. The molecule has 0 rings (SSSR count). The van der Waals surface area contributed by atoms with E-state index in [1.165, 1.54) is 0 Å². The van der Waals surface area contributed by atoms with Crippen LogP contribution in [0.2, 0.25) is 0 Å². The van der Waals surface area contributed by atoms with Gasteiger partial charge < -0.3 is 19.7 Å². The fourth-order valence-electron chi connectivity index (χ4n) is 1.59. The normalized spacial score (nSPS) is 12.9. The molecule has 0 spiro atoms. The molecule has 0 fully saturated rings. The van der Waals surface area contributed by atoms with Crippen molar-refractivity contribution in [1.29, 1.82) is 0 Å². The Morgan fingerprint density at radius 3 is 1.82 bits per heavy atom. The number of ether oxygens (including phenoxy) is 2. The van der Waals surface area contributed by atoms with Gasteiger partial charge in [0.05, 0.1) is 13.2 Å². The van der Waals surface area contributed by atoms with Crippen molar-refractivity contribution < 1.29 is 28.3 Å². The van der Waals surface area contributed by atoms with Crippen LogP contribution in [0.3, 0.4) is 0 Å². The van der Waals surface area contributed by atoms with E-state index in [-0.39, 0.29) is 18.9 Å². The molecule has 1 atom stereocenters. The van der Waals surface area contributed by atoms with Crippen molar-refractivity contribution in [3.05, 3.63) is 5.32 Å². The Kier molecular flexibility index (Phi) is 15.0. The second-order valence-corrected chi connectivity index (χ2v) is 4.36. The standard InChI is InChI=1S/C12H27N2O2.Li/c1-11(2)12(13-3)10-14(6-8-15-4)7-9-16-5;/h11-12H,6-10H2,1-5H3;/q-1;+1/t12-;/m0./s1. The second kappa shape index (κ2) is 12.9. The van der Waals surface area contributed by atoms with E-state index in [4.69, 9.17) is 9.47 Å². The van der Waals surface area contributed by atoms with E-state index in [0.717, 1.165) is 32.8 Å². The smallest absolute Gasteiger partial charge is 0.661 e. The van der Waals surface area contributed by atoms with Crippen LogP contribution in [0.15, 0.2) is 0 Å². The van der Waals surface area contributed by atoms with Crippen molar-refractivity contribution >= 4 is 0 Å². The fourth-order valence-corrected chi connectivity index (χ4v) is 1.59. The third kappa shape index (κ3) is 10.1. The number of rotatable bonds is 10. The molecule has 0 heterocycles. The monoisotopic (exact) mass is 238 g/mol. The van der Waals surface area contributed by atoms with Crippen LogP contribution in [0.1, 0.15) is 13.8 Å². The van der Waals surface area contributed by atoms with Crippen molar-refractivity contribution in [2.75, 3.05) is 54.1 Å². The molecule has 0 amide bonds. The Morgan fingerprint density at radius 2 is 1.53 bits per heavy atom. The van der Waals surface area contributed by atoms with Crippen LogP contribution in [0.25, 0.3) is 5.32 Å². The average Bonchev–Trinajstić information content (AvgIpc) is 2.27. The molecule has 17 heavy (non-hydrogen) atoms. The molecule has 0 unspecified atom stereocenters. The molecule has 5 heteroatoms. The van der Waals surface area contributed by atoms with E-state index >= 15 is 0 Å². The summed E-state index contributed by atoms with van der Waals surface area (Å²) in [6.45, 7) is 8.82. The van der Waals surface area contributed by atoms with Crippen molar-refractivity contribution in [1.82, 2.24) is 4.90 Å². The zero-order valence-electron chi connectivity index (χ0n) is 12.4. The maximum atomic E-state index is 5.11. The molecule has 0 N–H and O–H groups in total. The number of hydrogen-bond donors (Lipinski definition) is 0. The van der Waals surface area contributed by atoms with Gasteiger partial charge in [0, 0.05) is 27.3 Å². The Morgan fingerprint density at radius 1 is 1.06 bits per heavy atom. The van der Waals surface area contributed by atoms with Gasteiger partial charge >= 0.3 is 18.9 Å². The summed E-state index contributed by atoms with van der Waals surface area (Å²) < 4.78 is 10.2.